The average Bonchev–Trinajstić information content (AvgIpc) is 2.62. The van der Waals surface area contributed by atoms with E-state index in [2.05, 4.69) is 15.0 Å². The highest BCUT2D eigenvalue weighted by molar-refractivity contribution is 5.61. The molecule has 0 saturated heterocycles. The lowest BCUT2D eigenvalue weighted by Crippen LogP contribution is -2.02. The Morgan fingerprint density at radius 1 is 0.870 bits per heavy atom. The van der Waals surface area contributed by atoms with Crippen molar-refractivity contribution in [2.75, 3.05) is 0 Å². The van der Waals surface area contributed by atoms with E-state index in [0.29, 0.717) is 23.9 Å². The first-order valence-electron chi connectivity index (χ1n) is 7.22. The van der Waals surface area contributed by atoms with E-state index in [9.17, 15) is 10.1 Å². The first kappa shape index (κ1) is 14.8. The largest absolute Gasteiger partial charge is 0.269 e. The van der Waals surface area contributed by atoms with E-state index in [-0.39, 0.29) is 5.69 Å². The summed E-state index contributed by atoms with van der Waals surface area (Å²) in [5, 5.41) is 10.8. The van der Waals surface area contributed by atoms with Gasteiger partial charge in [0.25, 0.3) is 5.69 Å². The molecule has 3 rings (SSSR count). The number of nitrogens with zero attached hydrogens (tertiary/aromatic N) is 4. The van der Waals surface area contributed by atoms with Crippen LogP contribution < -0.4 is 0 Å². The first-order valence-corrected chi connectivity index (χ1v) is 7.22. The van der Waals surface area contributed by atoms with Gasteiger partial charge in [-0.1, -0.05) is 37.3 Å². The van der Waals surface area contributed by atoms with Crippen LogP contribution in [0.25, 0.3) is 22.8 Å². The third-order valence-corrected chi connectivity index (χ3v) is 3.37. The molecule has 3 aromatic rings. The van der Waals surface area contributed by atoms with Gasteiger partial charge in [0, 0.05) is 29.7 Å². The first-order chi connectivity index (χ1) is 11.2. The molecule has 0 aliphatic carbocycles. The maximum Gasteiger partial charge on any atom is 0.269 e. The standard InChI is InChI=1S/C17H14N4O2/c1-2-15-18-16(12-6-4-3-5-7-12)20-17(19-15)13-8-10-14(11-9-13)21(22)23/h3-11H,2H2,1H3. The minimum Gasteiger partial charge on any atom is -0.258 e. The summed E-state index contributed by atoms with van der Waals surface area (Å²) in [6.07, 6.45) is 0.683. The van der Waals surface area contributed by atoms with E-state index in [4.69, 9.17) is 0 Å². The molecule has 0 aliphatic rings. The van der Waals surface area contributed by atoms with Crippen LogP contribution in [0.5, 0.6) is 0 Å². The number of aromatic nitrogens is 3. The molecular formula is C17H14N4O2. The van der Waals surface area contributed by atoms with Crippen LogP contribution in [0.3, 0.4) is 0 Å². The van der Waals surface area contributed by atoms with Crippen molar-refractivity contribution < 1.29 is 4.92 Å². The molecule has 0 unspecified atom stereocenters. The van der Waals surface area contributed by atoms with Gasteiger partial charge in [-0.05, 0) is 12.1 Å². The summed E-state index contributed by atoms with van der Waals surface area (Å²) in [4.78, 5) is 23.7. The molecule has 0 fully saturated rings. The average molecular weight is 306 g/mol. The van der Waals surface area contributed by atoms with E-state index in [1.54, 1.807) is 12.1 Å². The normalized spacial score (nSPS) is 10.5. The van der Waals surface area contributed by atoms with Gasteiger partial charge in [0.05, 0.1) is 4.92 Å². The zero-order valence-electron chi connectivity index (χ0n) is 12.5. The Bertz CT molecular complexity index is 833. The van der Waals surface area contributed by atoms with Crippen LogP contribution in [-0.2, 0) is 6.42 Å². The Balaban J connectivity index is 2.07. The monoisotopic (exact) mass is 306 g/mol. The number of nitro benzene ring substituents is 1. The van der Waals surface area contributed by atoms with E-state index < -0.39 is 4.92 Å². The van der Waals surface area contributed by atoms with Gasteiger partial charge < -0.3 is 0 Å². The van der Waals surface area contributed by atoms with Gasteiger partial charge in [0.15, 0.2) is 11.6 Å². The molecule has 2 aromatic carbocycles. The fraction of sp³-hybridized carbons (Fsp3) is 0.118. The molecule has 114 valence electrons. The molecule has 0 radical (unpaired) electrons. The number of aryl methyl sites for hydroxylation is 1. The number of benzene rings is 2. The zero-order valence-corrected chi connectivity index (χ0v) is 12.5. The Kier molecular flexibility index (Phi) is 4.05. The molecule has 0 aliphatic heterocycles. The lowest BCUT2D eigenvalue weighted by atomic mass is 10.1. The maximum absolute atomic E-state index is 10.8. The van der Waals surface area contributed by atoms with Gasteiger partial charge in [-0.2, -0.15) is 0 Å². The lowest BCUT2D eigenvalue weighted by molar-refractivity contribution is -0.384. The minimum atomic E-state index is -0.427. The second-order valence-corrected chi connectivity index (χ2v) is 4.92. The minimum absolute atomic E-state index is 0.0433. The van der Waals surface area contributed by atoms with Gasteiger partial charge >= 0.3 is 0 Å². The molecule has 6 heteroatoms. The van der Waals surface area contributed by atoms with Crippen LogP contribution in [0.4, 0.5) is 5.69 Å². The van der Waals surface area contributed by atoms with Gasteiger partial charge in [0.1, 0.15) is 5.82 Å². The Hall–Kier alpha value is -3.15. The fourth-order valence-electron chi connectivity index (χ4n) is 2.16. The Morgan fingerprint density at radius 3 is 1.96 bits per heavy atom. The summed E-state index contributed by atoms with van der Waals surface area (Å²) in [5.74, 6) is 1.81. The van der Waals surface area contributed by atoms with Crippen molar-refractivity contribution in [1.29, 1.82) is 0 Å². The quantitative estimate of drug-likeness (QED) is 0.542. The Morgan fingerprint density at radius 2 is 1.43 bits per heavy atom. The molecule has 0 amide bonds. The molecule has 0 saturated carbocycles. The predicted molar refractivity (Wildman–Crippen MR) is 86.7 cm³/mol. The van der Waals surface area contributed by atoms with Gasteiger partial charge in [0.2, 0.25) is 0 Å². The molecule has 0 bridgehead atoms. The van der Waals surface area contributed by atoms with Gasteiger partial charge in [-0.25, -0.2) is 15.0 Å². The summed E-state index contributed by atoms with van der Waals surface area (Å²) in [7, 11) is 0. The van der Waals surface area contributed by atoms with Crippen molar-refractivity contribution in [3.63, 3.8) is 0 Å². The SMILES string of the molecule is CCc1nc(-c2ccccc2)nc(-c2ccc([N+](=O)[O-])cc2)n1. The molecule has 0 N–H and O–H groups in total. The topological polar surface area (TPSA) is 81.8 Å². The predicted octanol–water partition coefficient (Wildman–Crippen LogP) is 3.68. The number of non-ortho nitro benzene ring substituents is 1. The van der Waals surface area contributed by atoms with Crippen LogP contribution in [0, 0.1) is 10.1 Å². The highest BCUT2D eigenvalue weighted by Gasteiger charge is 2.11. The van der Waals surface area contributed by atoms with Crippen molar-refractivity contribution in [3.05, 3.63) is 70.5 Å². The zero-order chi connectivity index (χ0) is 16.2. The van der Waals surface area contributed by atoms with Gasteiger partial charge in [-0.15, -0.1) is 0 Å². The molecule has 0 atom stereocenters. The van der Waals surface area contributed by atoms with Crippen LogP contribution >= 0.6 is 0 Å². The molecule has 1 heterocycles. The Labute approximate surface area is 133 Å². The summed E-state index contributed by atoms with van der Waals surface area (Å²) in [6.45, 7) is 1.98. The number of rotatable bonds is 4. The number of hydrogen-bond acceptors (Lipinski definition) is 5. The van der Waals surface area contributed by atoms with Crippen LogP contribution in [0.1, 0.15) is 12.7 Å². The fourth-order valence-corrected chi connectivity index (χ4v) is 2.16. The highest BCUT2D eigenvalue weighted by atomic mass is 16.6. The lowest BCUT2D eigenvalue weighted by Gasteiger charge is -2.06. The molecular weight excluding hydrogens is 292 g/mol. The van der Waals surface area contributed by atoms with Crippen molar-refractivity contribution in [2.45, 2.75) is 13.3 Å². The van der Waals surface area contributed by atoms with Crippen molar-refractivity contribution >= 4 is 5.69 Å². The second kappa shape index (κ2) is 6.31. The maximum atomic E-state index is 10.8. The van der Waals surface area contributed by atoms with E-state index in [0.717, 1.165) is 11.1 Å². The molecule has 0 spiro atoms. The molecule has 6 nitrogen and oxygen atoms in total. The highest BCUT2D eigenvalue weighted by Crippen LogP contribution is 2.22. The van der Waals surface area contributed by atoms with E-state index in [1.165, 1.54) is 12.1 Å². The van der Waals surface area contributed by atoms with E-state index >= 15 is 0 Å². The van der Waals surface area contributed by atoms with Crippen LogP contribution in [-0.4, -0.2) is 19.9 Å². The van der Waals surface area contributed by atoms with E-state index in [1.807, 2.05) is 37.3 Å². The molecule has 1 aromatic heterocycles. The third kappa shape index (κ3) is 3.21. The number of hydrogen-bond donors (Lipinski definition) is 0. The summed E-state index contributed by atoms with van der Waals surface area (Å²) in [6, 6.07) is 15.9. The van der Waals surface area contributed by atoms with Crippen molar-refractivity contribution in [1.82, 2.24) is 15.0 Å². The van der Waals surface area contributed by atoms with Crippen LogP contribution in [0.15, 0.2) is 54.6 Å². The van der Waals surface area contributed by atoms with Gasteiger partial charge in [-0.3, -0.25) is 10.1 Å². The second-order valence-electron chi connectivity index (χ2n) is 4.92. The summed E-state index contributed by atoms with van der Waals surface area (Å²) in [5.41, 5.74) is 1.68. The van der Waals surface area contributed by atoms with Crippen molar-refractivity contribution in [2.24, 2.45) is 0 Å². The number of nitro groups is 1. The third-order valence-electron chi connectivity index (χ3n) is 3.37. The summed E-state index contributed by atoms with van der Waals surface area (Å²) < 4.78 is 0. The smallest absolute Gasteiger partial charge is 0.258 e. The summed E-state index contributed by atoms with van der Waals surface area (Å²) >= 11 is 0. The molecule has 23 heavy (non-hydrogen) atoms. The van der Waals surface area contributed by atoms with Crippen LogP contribution in [0.2, 0.25) is 0 Å². The van der Waals surface area contributed by atoms with Crippen molar-refractivity contribution in [3.8, 4) is 22.8 Å².